The molecule has 1 aliphatic heterocycles. The molecule has 1 heterocycles. The third-order valence-electron chi connectivity index (χ3n) is 2.68. The zero-order valence-corrected chi connectivity index (χ0v) is 8.24. The van der Waals surface area contributed by atoms with Crippen LogP contribution in [0.1, 0.15) is 12.0 Å². The topological polar surface area (TPSA) is 49.5 Å². The number of nitrogens with zero attached hydrogens (tertiary/aromatic N) is 1. The van der Waals surface area contributed by atoms with Crippen LogP contribution in [-0.4, -0.2) is 24.8 Å². The van der Waals surface area contributed by atoms with Crippen LogP contribution in [0.2, 0.25) is 0 Å². The van der Waals surface area contributed by atoms with Gasteiger partial charge < -0.3 is 15.7 Å². The van der Waals surface area contributed by atoms with Crippen LogP contribution in [0.25, 0.3) is 0 Å². The van der Waals surface area contributed by atoms with Gasteiger partial charge in [-0.15, -0.1) is 0 Å². The molecular weight excluding hydrogens is 176 g/mol. The second-order valence-corrected chi connectivity index (χ2v) is 3.70. The van der Waals surface area contributed by atoms with E-state index < -0.39 is 0 Å². The Morgan fingerprint density at radius 3 is 2.71 bits per heavy atom. The number of anilines is 2. The van der Waals surface area contributed by atoms with Crippen LogP contribution in [0, 0.1) is 0 Å². The molecule has 1 saturated heterocycles. The predicted molar refractivity (Wildman–Crippen MR) is 58.5 cm³/mol. The fraction of sp³-hybridized carbons (Fsp3) is 0.455. The molecule has 3 heteroatoms. The first-order chi connectivity index (χ1) is 6.81. The lowest BCUT2D eigenvalue weighted by Gasteiger charge is -2.34. The number of hydrogen-bond acceptors (Lipinski definition) is 3. The lowest BCUT2D eigenvalue weighted by Crippen LogP contribution is -2.37. The highest BCUT2D eigenvalue weighted by atomic mass is 16.2. The Balaban J connectivity index is 2.26. The Morgan fingerprint density at radius 1 is 1.36 bits per heavy atom. The molecule has 2 rings (SSSR count). The number of aliphatic hydroxyl groups excluding tert-OH is 1. The Kier molecular flexibility index (Phi) is 2.59. The van der Waals surface area contributed by atoms with Gasteiger partial charge in [-0.3, -0.25) is 0 Å². The van der Waals surface area contributed by atoms with E-state index in [9.17, 15) is 0 Å². The quantitative estimate of drug-likeness (QED) is 0.703. The van der Waals surface area contributed by atoms with E-state index in [-0.39, 0.29) is 6.61 Å². The maximum Gasteiger partial charge on any atom is 0.0472 e. The fourth-order valence-corrected chi connectivity index (χ4v) is 1.79. The van der Waals surface area contributed by atoms with Crippen molar-refractivity contribution in [1.29, 1.82) is 0 Å². The first-order valence-corrected chi connectivity index (χ1v) is 5.05. The summed E-state index contributed by atoms with van der Waals surface area (Å²) < 4.78 is 0. The number of aliphatic hydroxyl groups is 1. The average molecular weight is 192 g/mol. The second kappa shape index (κ2) is 3.88. The van der Waals surface area contributed by atoms with Crippen molar-refractivity contribution in [1.82, 2.24) is 0 Å². The van der Waals surface area contributed by atoms with Crippen LogP contribution in [0.4, 0.5) is 11.4 Å². The molecule has 0 radical (unpaired) electrons. The number of benzene rings is 1. The van der Waals surface area contributed by atoms with E-state index in [1.165, 1.54) is 12.1 Å². The van der Waals surface area contributed by atoms with Crippen molar-refractivity contribution < 1.29 is 5.11 Å². The van der Waals surface area contributed by atoms with E-state index >= 15 is 0 Å². The summed E-state index contributed by atoms with van der Waals surface area (Å²) in [5.74, 6) is 0. The molecule has 3 N–H and O–H groups in total. The van der Waals surface area contributed by atoms with Gasteiger partial charge in [0.2, 0.25) is 0 Å². The molecule has 0 amide bonds. The predicted octanol–water partition coefficient (Wildman–Crippen LogP) is 1.01. The van der Waals surface area contributed by atoms with E-state index in [1.54, 1.807) is 0 Å². The summed E-state index contributed by atoms with van der Waals surface area (Å²) in [6.45, 7) is 2.44. The second-order valence-electron chi connectivity index (χ2n) is 3.70. The molecule has 0 aromatic heterocycles. The minimum Gasteiger partial charge on any atom is -0.399 e. The van der Waals surface area contributed by atoms with E-state index in [1.807, 2.05) is 12.1 Å². The Labute approximate surface area is 84.1 Å². The van der Waals surface area contributed by atoms with Gasteiger partial charge in [-0.25, -0.2) is 0 Å². The summed E-state index contributed by atoms with van der Waals surface area (Å²) in [5, 5.41) is 8.95. The van der Waals surface area contributed by atoms with Gasteiger partial charge in [-0.1, -0.05) is 0 Å². The van der Waals surface area contributed by atoms with Gasteiger partial charge in [0.1, 0.15) is 0 Å². The maximum absolute atomic E-state index is 8.95. The summed E-state index contributed by atoms with van der Waals surface area (Å²) in [4.78, 5) is 2.32. The third-order valence-corrected chi connectivity index (χ3v) is 2.68. The SMILES string of the molecule is Nc1ccc(N2CCC2)c(CCO)c1. The summed E-state index contributed by atoms with van der Waals surface area (Å²) in [6, 6.07) is 5.94. The largest absolute Gasteiger partial charge is 0.399 e. The normalized spacial score (nSPS) is 15.4. The van der Waals surface area contributed by atoms with Crippen molar-refractivity contribution in [2.24, 2.45) is 0 Å². The van der Waals surface area contributed by atoms with E-state index in [2.05, 4.69) is 11.0 Å². The fourth-order valence-electron chi connectivity index (χ4n) is 1.79. The minimum atomic E-state index is 0.185. The Morgan fingerprint density at radius 2 is 2.14 bits per heavy atom. The van der Waals surface area contributed by atoms with Crippen LogP contribution in [0.5, 0.6) is 0 Å². The molecule has 1 aromatic rings. The van der Waals surface area contributed by atoms with E-state index in [0.717, 1.165) is 24.3 Å². The zero-order valence-electron chi connectivity index (χ0n) is 8.24. The van der Waals surface area contributed by atoms with E-state index in [4.69, 9.17) is 10.8 Å². The van der Waals surface area contributed by atoms with Gasteiger partial charge in [0, 0.05) is 31.1 Å². The van der Waals surface area contributed by atoms with Gasteiger partial charge >= 0.3 is 0 Å². The monoisotopic (exact) mass is 192 g/mol. The Hall–Kier alpha value is -1.22. The minimum absolute atomic E-state index is 0.185. The Bertz CT molecular complexity index is 321. The molecule has 0 spiro atoms. The summed E-state index contributed by atoms with van der Waals surface area (Å²) >= 11 is 0. The molecule has 0 aliphatic carbocycles. The van der Waals surface area contributed by atoms with Crippen LogP contribution in [0.15, 0.2) is 18.2 Å². The van der Waals surface area contributed by atoms with Crippen LogP contribution in [0.3, 0.4) is 0 Å². The lowest BCUT2D eigenvalue weighted by molar-refractivity contribution is 0.299. The van der Waals surface area contributed by atoms with Crippen molar-refractivity contribution in [3.8, 4) is 0 Å². The highest BCUT2D eigenvalue weighted by Crippen LogP contribution is 2.27. The molecule has 1 fully saturated rings. The molecule has 3 nitrogen and oxygen atoms in total. The standard InChI is InChI=1S/C11H16N2O/c12-10-2-3-11(13-5-1-6-13)9(8-10)4-7-14/h2-3,8,14H,1,4-7,12H2. The zero-order chi connectivity index (χ0) is 9.97. The van der Waals surface area contributed by atoms with E-state index in [0.29, 0.717) is 6.42 Å². The summed E-state index contributed by atoms with van der Waals surface area (Å²) in [7, 11) is 0. The first kappa shape index (κ1) is 9.34. The smallest absolute Gasteiger partial charge is 0.0472 e. The van der Waals surface area contributed by atoms with Crippen molar-refractivity contribution in [2.75, 3.05) is 30.3 Å². The highest BCUT2D eigenvalue weighted by molar-refractivity contribution is 5.60. The maximum atomic E-state index is 8.95. The van der Waals surface area contributed by atoms with Crippen molar-refractivity contribution >= 4 is 11.4 Å². The summed E-state index contributed by atoms with van der Waals surface area (Å²) in [6.07, 6.45) is 1.96. The molecule has 1 aromatic carbocycles. The van der Waals surface area contributed by atoms with Gasteiger partial charge in [0.05, 0.1) is 0 Å². The van der Waals surface area contributed by atoms with Gasteiger partial charge in [0.15, 0.2) is 0 Å². The summed E-state index contributed by atoms with van der Waals surface area (Å²) in [5.41, 5.74) is 8.89. The van der Waals surface area contributed by atoms with Gasteiger partial charge in [0.25, 0.3) is 0 Å². The van der Waals surface area contributed by atoms with Crippen LogP contribution >= 0.6 is 0 Å². The number of rotatable bonds is 3. The molecule has 0 bridgehead atoms. The molecule has 0 atom stereocenters. The lowest BCUT2D eigenvalue weighted by atomic mass is 10.1. The molecule has 1 aliphatic rings. The first-order valence-electron chi connectivity index (χ1n) is 5.05. The molecule has 76 valence electrons. The van der Waals surface area contributed by atoms with Gasteiger partial charge in [-0.2, -0.15) is 0 Å². The number of nitrogens with two attached hydrogens (primary N) is 1. The van der Waals surface area contributed by atoms with Crippen molar-refractivity contribution in [3.63, 3.8) is 0 Å². The molecular formula is C11H16N2O. The third kappa shape index (κ3) is 1.68. The van der Waals surface area contributed by atoms with Crippen LogP contribution < -0.4 is 10.6 Å². The van der Waals surface area contributed by atoms with Gasteiger partial charge in [-0.05, 0) is 36.6 Å². The molecule has 0 unspecified atom stereocenters. The van der Waals surface area contributed by atoms with Crippen LogP contribution in [-0.2, 0) is 6.42 Å². The highest BCUT2D eigenvalue weighted by Gasteiger charge is 2.17. The number of hydrogen-bond donors (Lipinski definition) is 2. The molecule has 0 saturated carbocycles. The number of nitrogen functional groups attached to an aromatic ring is 1. The average Bonchev–Trinajstić information content (AvgIpc) is 2.07. The van der Waals surface area contributed by atoms with Crippen molar-refractivity contribution in [2.45, 2.75) is 12.8 Å². The van der Waals surface area contributed by atoms with Crippen molar-refractivity contribution in [3.05, 3.63) is 23.8 Å². The molecule has 14 heavy (non-hydrogen) atoms.